The van der Waals surface area contributed by atoms with E-state index in [4.69, 9.17) is 5.53 Å². The minimum atomic E-state index is -0.178. The van der Waals surface area contributed by atoms with Crippen LogP contribution in [0.15, 0.2) is 5.11 Å². The van der Waals surface area contributed by atoms with Crippen LogP contribution in [-0.4, -0.2) is 9.46 Å². The van der Waals surface area contributed by atoms with E-state index in [0.29, 0.717) is 14.8 Å². The highest BCUT2D eigenvalue weighted by molar-refractivity contribution is 14.1. The molecule has 0 aromatic carbocycles. The van der Waals surface area contributed by atoms with E-state index in [1.807, 2.05) is 0 Å². The molecule has 4 saturated carbocycles. The van der Waals surface area contributed by atoms with E-state index < -0.39 is 0 Å². The molecule has 0 amide bonds. The van der Waals surface area contributed by atoms with Crippen LogP contribution in [0.25, 0.3) is 10.4 Å². The summed E-state index contributed by atoms with van der Waals surface area (Å²) in [5, 5.41) is 4.26. The third-order valence-electron chi connectivity index (χ3n) is 9.07. The molecule has 0 bridgehead atoms. The summed E-state index contributed by atoms with van der Waals surface area (Å²) in [4.78, 5) is 3.20. The van der Waals surface area contributed by atoms with Gasteiger partial charge < -0.3 is 0 Å². The van der Waals surface area contributed by atoms with E-state index in [1.54, 1.807) is 0 Å². The first-order valence-electron chi connectivity index (χ1n) is 10.0. The summed E-state index contributed by atoms with van der Waals surface area (Å²) in [5.41, 5.74) is 9.99. The van der Waals surface area contributed by atoms with Gasteiger partial charge in [-0.1, -0.05) is 54.9 Å². The molecule has 0 N–H and O–H groups in total. The van der Waals surface area contributed by atoms with Crippen LogP contribution in [0, 0.1) is 34.5 Å². The molecular formula is C20H32IN3. The molecule has 0 spiro atoms. The van der Waals surface area contributed by atoms with Gasteiger partial charge in [0.15, 0.2) is 0 Å². The SMILES string of the molecule is C[C@@]12CCC[C@H]1[C@@H]1CC[C@H]3C[C@](C)(N=[N+]=[N-])[C@@H](I)C[C@]3(C)[C@H]1CC2. The van der Waals surface area contributed by atoms with E-state index in [-0.39, 0.29) is 5.54 Å². The van der Waals surface area contributed by atoms with Gasteiger partial charge in [0, 0.05) is 8.84 Å². The largest absolute Gasteiger partial charge is 0.0865 e. The second-order valence-electron chi connectivity index (χ2n) is 10.2. The highest BCUT2D eigenvalue weighted by atomic mass is 127. The first-order valence-corrected chi connectivity index (χ1v) is 11.3. The van der Waals surface area contributed by atoms with Gasteiger partial charge >= 0.3 is 0 Å². The summed E-state index contributed by atoms with van der Waals surface area (Å²) in [6.07, 6.45) is 12.5. The molecule has 0 aliphatic heterocycles. The molecule has 4 heteroatoms. The van der Waals surface area contributed by atoms with Crippen LogP contribution in [0.1, 0.15) is 78.6 Å². The molecule has 4 rings (SSSR count). The van der Waals surface area contributed by atoms with Gasteiger partial charge in [0.1, 0.15) is 0 Å². The van der Waals surface area contributed by atoms with Crippen LogP contribution in [0.4, 0.5) is 0 Å². The van der Waals surface area contributed by atoms with Crippen molar-refractivity contribution in [3.63, 3.8) is 0 Å². The fraction of sp³-hybridized carbons (Fsp3) is 1.00. The van der Waals surface area contributed by atoms with Gasteiger partial charge in [-0.3, -0.25) is 0 Å². The monoisotopic (exact) mass is 441 g/mol. The molecule has 0 unspecified atom stereocenters. The first-order chi connectivity index (χ1) is 11.3. The average Bonchev–Trinajstić information content (AvgIpc) is 2.91. The predicted molar refractivity (Wildman–Crippen MR) is 107 cm³/mol. The first kappa shape index (κ1) is 17.5. The Labute approximate surface area is 160 Å². The summed E-state index contributed by atoms with van der Waals surface area (Å²) >= 11 is 2.59. The molecule has 0 saturated heterocycles. The Morgan fingerprint density at radius 3 is 2.54 bits per heavy atom. The number of hydrogen-bond donors (Lipinski definition) is 0. The molecule has 3 nitrogen and oxygen atoms in total. The Bertz CT molecular complexity index is 573. The van der Waals surface area contributed by atoms with Crippen molar-refractivity contribution in [1.82, 2.24) is 0 Å². The Balaban J connectivity index is 1.63. The normalized spacial score (nSPS) is 56.6. The molecular weight excluding hydrogens is 409 g/mol. The van der Waals surface area contributed by atoms with Crippen LogP contribution >= 0.6 is 22.6 Å². The molecule has 0 aromatic rings. The fourth-order valence-electron chi connectivity index (χ4n) is 7.62. The summed E-state index contributed by atoms with van der Waals surface area (Å²) in [6.45, 7) is 7.40. The Morgan fingerprint density at radius 2 is 1.79 bits per heavy atom. The van der Waals surface area contributed by atoms with E-state index in [2.05, 4.69) is 53.4 Å². The summed E-state index contributed by atoms with van der Waals surface area (Å²) in [5.74, 6) is 3.64. The fourth-order valence-corrected chi connectivity index (χ4v) is 8.95. The second-order valence-corrected chi connectivity index (χ2v) is 11.7. The van der Waals surface area contributed by atoms with Crippen molar-refractivity contribution >= 4 is 22.6 Å². The molecule has 0 radical (unpaired) electrons. The number of azide groups is 1. The highest BCUT2D eigenvalue weighted by Gasteiger charge is 2.60. The van der Waals surface area contributed by atoms with Gasteiger partial charge in [0.25, 0.3) is 0 Å². The van der Waals surface area contributed by atoms with E-state index in [9.17, 15) is 0 Å². The van der Waals surface area contributed by atoms with Crippen LogP contribution in [0.2, 0.25) is 0 Å². The van der Waals surface area contributed by atoms with E-state index in [0.717, 1.165) is 30.1 Å². The number of alkyl halides is 1. The quantitative estimate of drug-likeness (QED) is 0.140. The topological polar surface area (TPSA) is 48.8 Å². The molecule has 0 aromatic heterocycles. The zero-order chi connectivity index (χ0) is 17.2. The maximum absolute atomic E-state index is 9.04. The van der Waals surface area contributed by atoms with Crippen molar-refractivity contribution in [3.8, 4) is 0 Å². The molecule has 134 valence electrons. The Kier molecular flexibility index (Phi) is 4.20. The van der Waals surface area contributed by atoms with Gasteiger partial charge in [0.2, 0.25) is 0 Å². The van der Waals surface area contributed by atoms with E-state index in [1.165, 1.54) is 51.4 Å². The smallest absolute Gasteiger partial charge is 0.0580 e. The maximum atomic E-state index is 9.04. The van der Waals surface area contributed by atoms with Crippen LogP contribution in [0.3, 0.4) is 0 Å². The Hall–Kier alpha value is 0.0400. The second kappa shape index (κ2) is 5.77. The number of halogens is 1. The van der Waals surface area contributed by atoms with Gasteiger partial charge in [-0.05, 0) is 91.4 Å². The van der Waals surface area contributed by atoms with E-state index >= 15 is 0 Å². The Morgan fingerprint density at radius 1 is 1.00 bits per heavy atom. The van der Waals surface area contributed by atoms with Crippen molar-refractivity contribution in [2.45, 2.75) is 88.0 Å². The number of nitrogens with zero attached hydrogens (tertiary/aromatic N) is 3. The highest BCUT2D eigenvalue weighted by Crippen LogP contribution is 2.67. The lowest BCUT2D eigenvalue weighted by atomic mass is 9.44. The number of fused-ring (bicyclic) bond motifs is 5. The minimum Gasteiger partial charge on any atom is -0.0865 e. The van der Waals surface area contributed by atoms with Gasteiger partial charge in [-0.25, -0.2) is 0 Å². The lowest BCUT2D eigenvalue weighted by Gasteiger charge is -2.62. The molecule has 4 aliphatic carbocycles. The predicted octanol–water partition coefficient (Wildman–Crippen LogP) is 6.90. The van der Waals surface area contributed by atoms with Crippen LogP contribution in [0.5, 0.6) is 0 Å². The molecule has 0 heterocycles. The maximum Gasteiger partial charge on any atom is 0.0580 e. The summed E-state index contributed by atoms with van der Waals surface area (Å²) in [6, 6.07) is 0. The zero-order valence-electron chi connectivity index (χ0n) is 15.5. The third kappa shape index (κ3) is 2.38. The average molecular weight is 441 g/mol. The summed E-state index contributed by atoms with van der Waals surface area (Å²) < 4.78 is 0.475. The molecule has 24 heavy (non-hydrogen) atoms. The van der Waals surface area contributed by atoms with Crippen molar-refractivity contribution in [2.75, 3.05) is 0 Å². The third-order valence-corrected chi connectivity index (χ3v) is 10.9. The van der Waals surface area contributed by atoms with Gasteiger partial charge in [-0.2, -0.15) is 0 Å². The number of rotatable bonds is 1. The van der Waals surface area contributed by atoms with Crippen LogP contribution < -0.4 is 0 Å². The van der Waals surface area contributed by atoms with Crippen molar-refractivity contribution in [3.05, 3.63) is 10.4 Å². The minimum absolute atomic E-state index is 0.178. The standard InChI is InChI=1S/C20H32IN3/c1-18-9-4-5-15(18)14-7-6-13-11-20(3,23-24-22)17(21)12-19(13,2)16(14)8-10-18/h13-17H,4-12H2,1-3H3/t13-,14-,15-,16-,17-,18-,19-,20-/m0/s1. The van der Waals surface area contributed by atoms with Crippen LogP contribution in [-0.2, 0) is 0 Å². The lowest BCUT2D eigenvalue weighted by Crippen LogP contribution is -2.57. The summed E-state index contributed by atoms with van der Waals surface area (Å²) in [7, 11) is 0. The molecule has 4 aliphatic rings. The molecule has 8 atom stereocenters. The van der Waals surface area contributed by atoms with Crippen molar-refractivity contribution in [2.24, 2.45) is 39.6 Å². The van der Waals surface area contributed by atoms with Gasteiger partial charge in [-0.15, -0.1) is 0 Å². The lowest BCUT2D eigenvalue weighted by molar-refractivity contribution is -0.109. The zero-order valence-corrected chi connectivity index (χ0v) is 17.6. The van der Waals surface area contributed by atoms with Crippen molar-refractivity contribution in [1.29, 1.82) is 0 Å². The van der Waals surface area contributed by atoms with Gasteiger partial charge in [0.05, 0.1) is 5.54 Å². The number of hydrogen-bond acceptors (Lipinski definition) is 1. The molecule has 4 fully saturated rings. The van der Waals surface area contributed by atoms with Crippen molar-refractivity contribution < 1.29 is 0 Å².